The molecule has 1 atom stereocenters. The van der Waals surface area contributed by atoms with Crippen LogP contribution in [0.4, 0.5) is 0 Å². The summed E-state index contributed by atoms with van der Waals surface area (Å²) in [4.78, 5) is 12.7. The SMILES string of the molecule is C=CCN(CC(=O)O)CC1COc2ccccc21. The number of carboxylic acid groups (broad SMARTS) is 1. The van der Waals surface area contributed by atoms with Crippen LogP contribution in [0, 0.1) is 0 Å². The second kappa shape index (κ2) is 5.69. The summed E-state index contributed by atoms with van der Waals surface area (Å²) in [5.74, 6) is 0.334. The van der Waals surface area contributed by atoms with E-state index in [1.807, 2.05) is 29.2 Å². The summed E-state index contributed by atoms with van der Waals surface area (Å²) >= 11 is 0. The molecule has 1 aliphatic heterocycles. The van der Waals surface area contributed by atoms with Gasteiger partial charge < -0.3 is 9.84 Å². The summed E-state index contributed by atoms with van der Waals surface area (Å²) < 4.78 is 5.60. The number of carboxylic acids is 1. The monoisotopic (exact) mass is 247 g/mol. The van der Waals surface area contributed by atoms with E-state index in [0.29, 0.717) is 19.7 Å². The lowest BCUT2D eigenvalue weighted by molar-refractivity contribution is -0.138. The van der Waals surface area contributed by atoms with Gasteiger partial charge in [-0.15, -0.1) is 6.58 Å². The topological polar surface area (TPSA) is 49.8 Å². The number of aliphatic carboxylic acids is 1. The van der Waals surface area contributed by atoms with Gasteiger partial charge in [0.05, 0.1) is 13.2 Å². The van der Waals surface area contributed by atoms with E-state index in [0.717, 1.165) is 11.3 Å². The van der Waals surface area contributed by atoms with Gasteiger partial charge in [-0.05, 0) is 6.07 Å². The first kappa shape index (κ1) is 12.6. The lowest BCUT2D eigenvalue weighted by Crippen LogP contribution is -2.34. The van der Waals surface area contributed by atoms with E-state index >= 15 is 0 Å². The highest BCUT2D eigenvalue weighted by atomic mass is 16.5. The molecule has 0 radical (unpaired) electrons. The summed E-state index contributed by atoms with van der Waals surface area (Å²) in [6.45, 7) is 5.56. The first-order valence-electron chi connectivity index (χ1n) is 5.97. The van der Waals surface area contributed by atoms with Crippen LogP contribution < -0.4 is 4.74 Å². The van der Waals surface area contributed by atoms with Gasteiger partial charge in [0.25, 0.3) is 0 Å². The van der Waals surface area contributed by atoms with E-state index < -0.39 is 5.97 Å². The van der Waals surface area contributed by atoms with Gasteiger partial charge in [0.2, 0.25) is 0 Å². The average molecular weight is 247 g/mol. The molecule has 4 nitrogen and oxygen atoms in total. The van der Waals surface area contributed by atoms with Gasteiger partial charge in [-0.3, -0.25) is 9.69 Å². The molecule has 0 aromatic heterocycles. The van der Waals surface area contributed by atoms with Gasteiger partial charge in [0.1, 0.15) is 5.75 Å². The number of fused-ring (bicyclic) bond motifs is 1. The van der Waals surface area contributed by atoms with E-state index in [1.54, 1.807) is 6.08 Å². The molecule has 1 aromatic carbocycles. The molecule has 0 aliphatic carbocycles. The van der Waals surface area contributed by atoms with Gasteiger partial charge in [0.15, 0.2) is 0 Å². The zero-order valence-electron chi connectivity index (χ0n) is 10.2. The Morgan fingerprint density at radius 2 is 2.33 bits per heavy atom. The lowest BCUT2D eigenvalue weighted by atomic mass is 10.0. The van der Waals surface area contributed by atoms with Gasteiger partial charge in [-0.2, -0.15) is 0 Å². The second-order valence-corrected chi connectivity index (χ2v) is 4.42. The summed E-state index contributed by atoms with van der Waals surface area (Å²) in [5, 5.41) is 8.87. The van der Waals surface area contributed by atoms with E-state index in [2.05, 4.69) is 6.58 Å². The normalized spacial score (nSPS) is 17.3. The zero-order chi connectivity index (χ0) is 13.0. The Morgan fingerprint density at radius 1 is 1.56 bits per heavy atom. The fourth-order valence-corrected chi connectivity index (χ4v) is 2.27. The number of ether oxygens (including phenoxy) is 1. The highest BCUT2D eigenvalue weighted by molar-refractivity contribution is 5.69. The van der Waals surface area contributed by atoms with Crippen LogP contribution in [-0.4, -0.2) is 42.2 Å². The van der Waals surface area contributed by atoms with Crippen LogP contribution >= 0.6 is 0 Å². The van der Waals surface area contributed by atoms with Crippen molar-refractivity contribution in [2.24, 2.45) is 0 Å². The molecule has 1 aliphatic rings. The lowest BCUT2D eigenvalue weighted by Gasteiger charge is -2.21. The molecule has 4 heteroatoms. The Balaban J connectivity index is 2.04. The number of nitrogens with zero attached hydrogens (tertiary/aromatic N) is 1. The standard InChI is InChI=1S/C14H17NO3/c1-2-7-15(9-14(16)17)8-11-10-18-13-6-4-3-5-12(11)13/h2-6,11H,1,7-10H2,(H,16,17). The van der Waals surface area contributed by atoms with Gasteiger partial charge >= 0.3 is 5.97 Å². The third-order valence-corrected chi connectivity index (χ3v) is 3.02. The van der Waals surface area contributed by atoms with Crippen LogP contribution in [0.5, 0.6) is 5.75 Å². The highest BCUT2D eigenvalue weighted by Crippen LogP contribution is 2.33. The molecule has 1 heterocycles. The third-order valence-electron chi connectivity index (χ3n) is 3.02. The summed E-state index contributed by atoms with van der Waals surface area (Å²) in [5.41, 5.74) is 1.16. The summed E-state index contributed by atoms with van der Waals surface area (Å²) in [6.07, 6.45) is 1.73. The van der Waals surface area contributed by atoms with E-state index in [-0.39, 0.29) is 12.5 Å². The van der Waals surface area contributed by atoms with Crippen molar-refractivity contribution in [3.63, 3.8) is 0 Å². The molecule has 1 unspecified atom stereocenters. The van der Waals surface area contributed by atoms with Crippen LogP contribution in [0.25, 0.3) is 0 Å². The van der Waals surface area contributed by atoms with Crippen molar-refractivity contribution < 1.29 is 14.6 Å². The maximum Gasteiger partial charge on any atom is 0.317 e. The molecule has 2 rings (SSSR count). The molecule has 0 fully saturated rings. The molecule has 1 aromatic rings. The minimum Gasteiger partial charge on any atom is -0.493 e. The Kier molecular flexibility index (Phi) is 3.99. The van der Waals surface area contributed by atoms with Gasteiger partial charge in [-0.1, -0.05) is 24.3 Å². The molecule has 0 spiro atoms. The third kappa shape index (κ3) is 2.90. The largest absolute Gasteiger partial charge is 0.493 e. The van der Waals surface area contributed by atoms with Crippen LogP contribution in [0.15, 0.2) is 36.9 Å². The molecule has 0 saturated carbocycles. The van der Waals surface area contributed by atoms with Crippen molar-refractivity contribution >= 4 is 5.97 Å². The van der Waals surface area contributed by atoms with Crippen molar-refractivity contribution in [1.82, 2.24) is 4.90 Å². The molecule has 0 saturated heterocycles. The average Bonchev–Trinajstić information content (AvgIpc) is 2.72. The maximum atomic E-state index is 10.8. The predicted octanol–water partition coefficient (Wildman–Crippen LogP) is 1.74. The van der Waals surface area contributed by atoms with E-state index in [4.69, 9.17) is 9.84 Å². The minimum absolute atomic E-state index is 0.0324. The van der Waals surface area contributed by atoms with Crippen molar-refractivity contribution in [1.29, 1.82) is 0 Å². The first-order chi connectivity index (χ1) is 8.70. The van der Waals surface area contributed by atoms with E-state index in [9.17, 15) is 4.79 Å². The number of hydrogen-bond donors (Lipinski definition) is 1. The fraction of sp³-hybridized carbons (Fsp3) is 0.357. The number of para-hydroxylation sites is 1. The molecular weight excluding hydrogens is 230 g/mol. The smallest absolute Gasteiger partial charge is 0.317 e. The van der Waals surface area contributed by atoms with Crippen molar-refractivity contribution in [2.75, 3.05) is 26.2 Å². The number of benzene rings is 1. The summed E-state index contributed by atoms with van der Waals surface area (Å²) in [7, 11) is 0. The second-order valence-electron chi connectivity index (χ2n) is 4.42. The van der Waals surface area contributed by atoms with Crippen LogP contribution in [0.1, 0.15) is 11.5 Å². The Labute approximate surface area is 106 Å². The van der Waals surface area contributed by atoms with Gasteiger partial charge in [-0.25, -0.2) is 0 Å². The van der Waals surface area contributed by atoms with Gasteiger partial charge in [0, 0.05) is 24.6 Å². The minimum atomic E-state index is -0.816. The number of carbonyl (C=O) groups is 1. The molecule has 1 N–H and O–H groups in total. The molecule has 18 heavy (non-hydrogen) atoms. The molecule has 0 amide bonds. The van der Waals surface area contributed by atoms with Crippen molar-refractivity contribution in [3.05, 3.63) is 42.5 Å². The quantitative estimate of drug-likeness (QED) is 0.778. The number of rotatable bonds is 6. The van der Waals surface area contributed by atoms with Crippen LogP contribution in [0.3, 0.4) is 0 Å². The van der Waals surface area contributed by atoms with Crippen LogP contribution in [-0.2, 0) is 4.79 Å². The predicted molar refractivity (Wildman–Crippen MR) is 69.0 cm³/mol. The van der Waals surface area contributed by atoms with Crippen molar-refractivity contribution in [2.45, 2.75) is 5.92 Å². The highest BCUT2D eigenvalue weighted by Gasteiger charge is 2.25. The Hall–Kier alpha value is -1.81. The van der Waals surface area contributed by atoms with Crippen molar-refractivity contribution in [3.8, 4) is 5.75 Å². The zero-order valence-corrected chi connectivity index (χ0v) is 10.2. The maximum absolute atomic E-state index is 10.8. The molecule has 0 bridgehead atoms. The fourth-order valence-electron chi connectivity index (χ4n) is 2.27. The number of hydrogen-bond acceptors (Lipinski definition) is 3. The Morgan fingerprint density at radius 3 is 3.06 bits per heavy atom. The van der Waals surface area contributed by atoms with E-state index in [1.165, 1.54) is 0 Å². The summed E-state index contributed by atoms with van der Waals surface area (Å²) in [6, 6.07) is 7.92. The first-order valence-corrected chi connectivity index (χ1v) is 5.97. The molecule has 96 valence electrons. The van der Waals surface area contributed by atoms with Crippen LogP contribution in [0.2, 0.25) is 0 Å². The Bertz CT molecular complexity index is 444. The molecular formula is C14H17NO3.